The fraction of sp³-hybridized carbons (Fsp3) is 0.292. The van der Waals surface area contributed by atoms with Crippen LogP contribution in [0.15, 0.2) is 71.0 Å². The van der Waals surface area contributed by atoms with Gasteiger partial charge >= 0.3 is 0 Å². The Morgan fingerprint density at radius 3 is 2.33 bits per heavy atom. The average molecular weight is 487 g/mol. The predicted molar refractivity (Wildman–Crippen MR) is 131 cm³/mol. The van der Waals surface area contributed by atoms with Crippen molar-refractivity contribution in [3.63, 3.8) is 0 Å². The number of amides is 3. The number of rotatable bonds is 9. The highest BCUT2D eigenvalue weighted by Crippen LogP contribution is 2.20. The Labute approximate surface area is 202 Å². The number of benzene rings is 2. The first kappa shape index (κ1) is 24.8. The molecule has 1 fully saturated rings. The van der Waals surface area contributed by atoms with Crippen LogP contribution in [0.4, 0.5) is 0 Å². The fourth-order valence-electron chi connectivity index (χ4n) is 3.44. The molecule has 3 amide bonds. The van der Waals surface area contributed by atoms with Crippen LogP contribution in [0.3, 0.4) is 0 Å². The Kier molecular flexibility index (Phi) is 9.35. The normalized spacial score (nSPS) is 15.1. The summed E-state index contributed by atoms with van der Waals surface area (Å²) in [4.78, 5) is 38.7. The van der Waals surface area contributed by atoms with Gasteiger partial charge in [0.15, 0.2) is 0 Å². The van der Waals surface area contributed by atoms with Crippen molar-refractivity contribution < 1.29 is 14.4 Å². The maximum absolute atomic E-state index is 13.0. The first-order chi connectivity index (χ1) is 16.0. The molecule has 9 heteroatoms. The summed E-state index contributed by atoms with van der Waals surface area (Å²) in [5.74, 6) is -0.805. The smallest absolute Gasteiger partial charge is 0.251 e. The molecule has 2 aromatic carbocycles. The molecule has 0 aliphatic carbocycles. The van der Waals surface area contributed by atoms with Gasteiger partial charge in [0, 0.05) is 34.6 Å². The van der Waals surface area contributed by atoms with Crippen molar-refractivity contribution in [3.8, 4) is 0 Å². The zero-order chi connectivity index (χ0) is 23.5. The van der Waals surface area contributed by atoms with E-state index in [1.54, 1.807) is 29.7 Å². The number of hydrogen-bond donors (Lipinski definition) is 4. The summed E-state index contributed by atoms with van der Waals surface area (Å²) in [5, 5.41) is 14.0. The number of piperidine rings is 1. The third-order valence-electron chi connectivity index (χ3n) is 5.22. The van der Waals surface area contributed by atoms with E-state index >= 15 is 0 Å². The molecule has 0 atom stereocenters. The number of halogens is 1. The number of carbonyl (C=O) groups is 3. The molecule has 174 valence electrons. The van der Waals surface area contributed by atoms with Gasteiger partial charge in [-0.3, -0.25) is 14.4 Å². The van der Waals surface area contributed by atoms with Crippen molar-refractivity contribution in [2.45, 2.75) is 23.3 Å². The van der Waals surface area contributed by atoms with Crippen LogP contribution in [-0.2, 0) is 9.59 Å². The predicted octanol–water partition coefficient (Wildman–Crippen LogP) is 2.73. The van der Waals surface area contributed by atoms with E-state index in [0.717, 1.165) is 4.90 Å². The van der Waals surface area contributed by atoms with Gasteiger partial charge in [0.25, 0.3) is 5.91 Å². The van der Waals surface area contributed by atoms with Crippen LogP contribution in [0.25, 0.3) is 0 Å². The van der Waals surface area contributed by atoms with E-state index in [2.05, 4.69) is 21.3 Å². The molecule has 0 unspecified atom stereocenters. The second-order valence-corrected chi connectivity index (χ2v) is 8.99. The Morgan fingerprint density at radius 1 is 0.970 bits per heavy atom. The van der Waals surface area contributed by atoms with E-state index < -0.39 is 5.54 Å². The SMILES string of the molecule is O=C(/C=C/Sc1ccccc1)NC1(C(=O)NCCNC(=O)c2ccc(Cl)cc2)CCNCC1. The van der Waals surface area contributed by atoms with Gasteiger partial charge in [-0.2, -0.15) is 0 Å². The topological polar surface area (TPSA) is 99.3 Å². The number of carbonyl (C=O) groups excluding carboxylic acids is 3. The van der Waals surface area contributed by atoms with Crippen LogP contribution >= 0.6 is 23.4 Å². The molecule has 4 N–H and O–H groups in total. The first-order valence-electron chi connectivity index (χ1n) is 10.7. The van der Waals surface area contributed by atoms with E-state index in [-0.39, 0.29) is 30.8 Å². The lowest BCUT2D eigenvalue weighted by Crippen LogP contribution is -2.63. The van der Waals surface area contributed by atoms with Crippen LogP contribution in [0.5, 0.6) is 0 Å². The maximum atomic E-state index is 13.0. The van der Waals surface area contributed by atoms with Gasteiger partial charge in [-0.25, -0.2) is 0 Å². The Hall–Kier alpha value is -2.81. The lowest BCUT2D eigenvalue weighted by molar-refractivity contribution is -0.133. The van der Waals surface area contributed by atoms with Gasteiger partial charge in [0.05, 0.1) is 0 Å². The van der Waals surface area contributed by atoms with Gasteiger partial charge in [0.2, 0.25) is 11.8 Å². The van der Waals surface area contributed by atoms with Gasteiger partial charge in [-0.1, -0.05) is 41.6 Å². The molecular formula is C24H27ClN4O3S. The van der Waals surface area contributed by atoms with Crippen LogP contribution in [0.2, 0.25) is 5.02 Å². The zero-order valence-electron chi connectivity index (χ0n) is 18.1. The quantitative estimate of drug-likeness (QED) is 0.248. The molecule has 1 aliphatic rings. The van der Waals surface area contributed by atoms with Crippen molar-refractivity contribution in [3.05, 3.63) is 76.7 Å². The average Bonchev–Trinajstić information content (AvgIpc) is 2.83. The van der Waals surface area contributed by atoms with Gasteiger partial charge in [0.1, 0.15) is 5.54 Å². The standard InChI is InChI=1S/C24H27ClN4O3S/c25-19-8-6-18(7-9-19)22(31)27-15-16-28-23(32)24(11-13-26-14-12-24)29-21(30)10-17-33-20-4-2-1-3-5-20/h1-10,17,26H,11-16H2,(H,27,31)(H,28,32)(H,29,30)/b17-10+. The number of nitrogens with one attached hydrogen (secondary N) is 4. The molecule has 0 spiro atoms. The molecule has 1 aliphatic heterocycles. The lowest BCUT2D eigenvalue weighted by Gasteiger charge is -2.36. The lowest BCUT2D eigenvalue weighted by atomic mass is 9.87. The molecule has 33 heavy (non-hydrogen) atoms. The Balaban J connectivity index is 1.49. The van der Waals surface area contributed by atoms with Gasteiger partial charge in [-0.05, 0) is 67.7 Å². The maximum Gasteiger partial charge on any atom is 0.251 e. The first-order valence-corrected chi connectivity index (χ1v) is 12.0. The molecule has 0 saturated carbocycles. The van der Waals surface area contributed by atoms with Crippen molar-refractivity contribution in [1.29, 1.82) is 0 Å². The van der Waals surface area contributed by atoms with Crippen molar-refractivity contribution in [2.24, 2.45) is 0 Å². The molecule has 2 aromatic rings. The van der Waals surface area contributed by atoms with E-state index in [4.69, 9.17) is 11.6 Å². The molecule has 0 bridgehead atoms. The van der Waals surface area contributed by atoms with Crippen molar-refractivity contribution in [1.82, 2.24) is 21.3 Å². The molecule has 1 saturated heterocycles. The summed E-state index contributed by atoms with van der Waals surface area (Å²) in [6.45, 7) is 1.78. The monoisotopic (exact) mass is 486 g/mol. The molecular weight excluding hydrogens is 460 g/mol. The Morgan fingerprint density at radius 2 is 1.64 bits per heavy atom. The molecule has 0 aromatic heterocycles. The summed E-state index contributed by atoms with van der Waals surface area (Å²) >= 11 is 7.27. The van der Waals surface area contributed by atoms with Crippen LogP contribution in [-0.4, -0.2) is 49.4 Å². The number of thioether (sulfide) groups is 1. The van der Waals surface area contributed by atoms with E-state index in [1.165, 1.54) is 17.8 Å². The van der Waals surface area contributed by atoms with Gasteiger partial charge < -0.3 is 21.3 Å². The molecule has 7 nitrogen and oxygen atoms in total. The minimum Gasteiger partial charge on any atom is -0.352 e. The Bertz CT molecular complexity index is 977. The fourth-order valence-corrected chi connectivity index (χ4v) is 4.23. The summed E-state index contributed by atoms with van der Waals surface area (Å²) in [7, 11) is 0. The van der Waals surface area contributed by atoms with Crippen LogP contribution < -0.4 is 21.3 Å². The summed E-state index contributed by atoms with van der Waals surface area (Å²) < 4.78 is 0. The number of hydrogen-bond acceptors (Lipinski definition) is 5. The van der Waals surface area contributed by atoms with Crippen LogP contribution in [0.1, 0.15) is 23.2 Å². The third-order valence-corrected chi connectivity index (χ3v) is 6.29. The van der Waals surface area contributed by atoms with E-state index in [9.17, 15) is 14.4 Å². The highest BCUT2D eigenvalue weighted by atomic mass is 35.5. The van der Waals surface area contributed by atoms with E-state index in [1.807, 2.05) is 30.3 Å². The highest BCUT2D eigenvalue weighted by Gasteiger charge is 2.40. The minimum atomic E-state index is -0.982. The third kappa shape index (κ3) is 7.63. The molecule has 0 radical (unpaired) electrons. The van der Waals surface area contributed by atoms with E-state index in [0.29, 0.717) is 36.5 Å². The summed E-state index contributed by atoms with van der Waals surface area (Å²) in [6.07, 6.45) is 2.42. The van der Waals surface area contributed by atoms with Crippen LogP contribution in [0, 0.1) is 0 Å². The molecule has 3 rings (SSSR count). The minimum absolute atomic E-state index is 0.244. The molecule has 1 heterocycles. The van der Waals surface area contributed by atoms with Gasteiger partial charge in [-0.15, -0.1) is 0 Å². The van der Waals surface area contributed by atoms with Crippen molar-refractivity contribution >= 4 is 41.1 Å². The summed E-state index contributed by atoms with van der Waals surface area (Å²) in [6, 6.07) is 16.3. The highest BCUT2D eigenvalue weighted by molar-refractivity contribution is 8.02. The van der Waals surface area contributed by atoms with Crippen molar-refractivity contribution in [2.75, 3.05) is 26.2 Å². The largest absolute Gasteiger partial charge is 0.352 e. The second kappa shape index (κ2) is 12.4. The zero-order valence-corrected chi connectivity index (χ0v) is 19.7. The second-order valence-electron chi connectivity index (χ2n) is 7.57. The summed E-state index contributed by atoms with van der Waals surface area (Å²) in [5.41, 5.74) is -0.488.